The summed E-state index contributed by atoms with van der Waals surface area (Å²) in [5, 5.41) is 3.69. The SMILES string of the molecule is N/N=c1\ccccn1Cc1cnc(Cl)s1. The highest BCUT2D eigenvalue weighted by Gasteiger charge is 2.00. The third kappa shape index (κ3) is 2.37. The molecular formula is C9H9ClN4S. The second-order valence-electron chi connectivity index (χ2n) is 2.90. The lowest BCUT2D eigenvalue weighted by molar-refractivity contribution is 0.740. The number of hydrogen-bond acceptors (Lipinski definition) is 4. The Bertz CT molecular complexity index is 517. The van der Waals surface area contributed by atoms with Crippen LogP contribution in [0.15, 0.2) is 35.7 Å². The Morgan fingerprint density at radius 2 is 2.40 bits per heavy atom. The zero-order chi connectivity index (χ0) is 10.7. The summed E-state index contributed by atoms with van der Waals surface area (Å²) < 4.78 is 2.48. The van der Waals surface area contributed by atoms with Gasteiger partial charge in [-0.1, -0.05) is 17.7 Å². The number of halogens is 1. The lowest BCUT2D eigenvalue weighted by Crippen LogP contribution is -2.21. The molecule has 0 radical (unpaired) electrons. The van der Waals surface area contributed by atoms with Gasteiger partial charge in [0.2, 0.25) is 0 Å². The molecule has 2 heterocycles. The van der Waals surface area contributed by atoms with Gasteiger partial charge in [0.1, 0.15) is 0 Å². The fourth-order valence-corrected chi connectivity index (χ4v) is 2.22. The van der Waals surface area contributed by atoms with Crippen molar-refractivity contribution in [3.63, 3.8) is 0 Å². The molecule has 0 fully saturated rings. The van der Waals surface area contributed by atoms with Crippen LogP contribution in [0.2, 0.25) is 4.47 Å². The molecule has 0 bridgehead atoms. The number of nitrogens with zero attached hydrogens (tertiary/aromatic N) is 3. The average Bonchev–Trinajstić information content (AvgIpc) is 2.65. The van der Waals surface area contributed by atoms with Gasteiger partial charge in [-0.3, -0.25) is 0 Å². The second kappa shape index (κ2) is 4.46. The van der Waals surface area contributed by atoms with Crippen molar-refractivity contribution in [1.82, 2.24) is 9.55 Å². The van der Waals surface area contributed by atoms with E-state index in [0.29, 0.717) is 11.0 Å². The molecule has 2 N–H and O–H groups in total. The smallest absolute Gasteiger partial charge is 0.183 e. The lowest BCUT2D eigenvalue weighted by atomic mass is 10.4. The molecule has 15 heavy (non-hydrogen) atoms. The minimum Gasteiger partial charge on any atom is -0.326 e. The first-order valence-electron chi connectivity index (χ1n) is 4.29. The van der Waals surface area contributed by atoms with Gasteiger partial charge in [0.05, 0.1) is 6.54 Å². The molecule has 2 aromatic rings. The fourth-order valence-electron chi connectivity index (χ4n) is 1.24. The van der Waals surface area contributed by atoms with Crippen LogP contribution in [0.5, 0.6) is 0 Å². The molecule has 78 valence electrons. The Labute approximate surface area is 95.7 Å². The van der Waals surface area contributed by atoms with E-state index in [-0.39, 0.29) is 0 Å². The average molecular weight is 241 g/mol. The van der Waals surface area contributed by atoms with Crippen LogP contribution in [0.4, 0.5) is 0 Å². The molecule has 2 aromatic heterocycles. The van der Waals surface area contributed by atoms with Gasteiger partial charge in [-0.2, -0.15) is 5.10 Å². The second-order valence-corrected chi connectivity index (χ2v) is 4.59. The Morgan fingerprint density at radius 3 is 3.07 bits per heavy atom. The van der Waals surface area contributed by atoms with E-state index >= 15 is 0 Å². The predicted octanol–water partition coefficient (Wildman–Crippen LogP) is 1.42. The highest BCUT2D eigenvalue weighted by molar-refractivity contribution is 7.15. The first-order valence-corrected chi connectivity index (χ1v) is 5.48. The zero-order valence-corrected chi connectivity index (χ0v) is 9.37. The van der Waals surface area contributed by atoms with Crippen molar-refractivity contribution < 1.29 is 0 Å². The summed E-state index contributed by atoms with van der Waals surface area (Å²) in [5.74, 6) is 5.28. The minimum absolute atomic E-state index is 0.549. The molecule has 0 aromatic carbocycles. The molecule has 4 nitrogen and oxygen atoms in total. The van der Waals surface area contributed by atoms with Crippen molar-refractivity contribution in [3.05, 3.63) is 45.4 Å². The third-order valence-corrected chi connectivity index (χ3v) is 3.00. The van der Waals surface area contributed by atoms with Gasteiger partial charge < -0.3 is 10.4 Å². The van der Waals surface area contributed by atoms with Crippen LogP contribution in [0, 0.1) is 0 Å². The van der Waals surface area contributed by atoms with Gasteiger partial charge >= 0.3 is 0 Å². The first-order chi connectivity index (χ1) is 7.29. The standard InChI is InChI=1S/C9H9ClN4S/c10-9-12-5-7(15-9)6-14-4-2-1-3-8(14)13-11/h1-5H,6,11H2/b13-8+. The van der Waals surface area contributed by atoms with E-state index in [1.54, 1.807) is 6.20 Å². The first kappa shape index (κ1) is 10.2. The van der Waals surface area contributed by atoms with Gasteiger partial charge in [-0.05, 0) is 12.1 Å². The number of thiazole rings is 1. The summed E-state index contributed by atoms with van der Waals surface area (Å²) >= 11 is 7.20. The van der Waals surface area contributed by atoms with Crippen LogP contribution < -0.4 is 11.3 Å². The van der Waals surface area contributed by atoms with E-state index < -0.39 is 0 Å². The zero-order valence-electron chi connectivity index (χ0n) is 7.80. The van der Waals surface area contributed by atoms with E-state index in [9.17, 15) is 0 Å². The van der Waals surface area contributed by atoms with Crippen molar-refractivity contribution in [2.75, 3.05) is 0 Å². The van der Waals surface area contributed by atoms with Crippen LogP contribution in [0.1, 0.15) is 4.88 Å². The highest BCUT2D eigenvalue weighted by atomic mass is 35.5. The maximum absolute atomic E-state index is 5.75. The minimum atomic E-state index is 0.549. The van der Waals surface area contributed by atoms with Gasteiger partial charge in [0, 0.05) is 17.3 Å². The summed E-state index contributed by atoms with van der Waals surface area (Å²) in [7, 11) is 0. The number of aromatic nitrogens is 2. The Kier molecular flexibility index (Phi) is 3.03. The van der Waals surface area contributed by atoms with E-state index in [1.165, 1.54) is 11.3 Å². The number of pyridine rings is 1. The van der Waals surface area contributed by atoms with Crippen LogP contribution in [0.25, 0.3) is 0 Å². The molecule has 0 saturated heterocycles. The monoisotopic (exact) mass is 240 g/mol. The molecule has 0 atom stereocenters. The maximum Gasteiger partial charge on any atom is 0.183 e. The van der Waals surface area contributed by atoms with Crippen molar-refractivity contribution >= 4 is 22.9 Å². The molecule has 0 saturated carbocycles. The summed E-state index contributed by atoms with van der Waals surface area (Å²) in [6.45, 7) is 0.682. The molecule has 0 spiro atoms. The Hall–Kier alpha value is -1.33. The number of hydrogen-bond donors (Lipinski definition) is 1. The van der Waals surface area contributed by atoms with Gasteiger partial charge in [-0.25, -0.2) is 4.98 Å². The molecule has 0 unspecified atom stereocenters. The number of nitrogens with two attached hydrogens (primary N) is 1. The maximum atomic E-state index is 5.75. The van der Waals surface area contributed by atoms with Crippen LogP contribution in [0.3, 0.4) is 0 Å². The predicted molar refractivity (Wildman–Crippen MR) is 60.4 cm³/mol. The third-order valence-electron chi connectivity index (χ3n) is 1.90. The lowest BCUT2D eigenvalue weighted by Gasteiger charge is -2.03. The normalized spacial score (nSPS) is 11.9. The highest BCUT2D eigenvalue weighted by Crippen LogP contribution is 2.17. The topological polar surface area (TPSA) is 56.2 Å². The Balaban J connectivity index is 2.32. The molecular weight excluding hydrogens is 232 g/mol. The van der Waals surface area contributed by atoms with Crippen LogP contribution in [-0.2, 0) is 6.54 Å². The Morgan fingerprint density at radius 1 is 1.53 bits per heavy atom. The van der Waals surface area contributed by atoms with Crippen LogP contribution in [-0.4, -0.2) is 9.55 Å². The largest absolute Gasteiger partial charge is 0.326 e. The molecule has 0 aliphatic rings. The van der Waals surface area contributed by atoms with E-state index in [2.05, 4.69) is 10.1 Å². The molecule has 0 aliphatic heterocycles. The summed E-state index contributed by atoms with van der Waals surface area (Å²) in [6, 6.07) is 5.67. The summed E-state index contributed by atoms with van der Waals surface area (Å²) in [4.78, 5) is 5.05. The van der Waals surface area contributed by atoms with Gasteiger partial charge in [0.15, 0.2) is 9.95 Å². The van der Waals surface area contributed by atoms with E-state index in [4.69, 9.17) is 17.4 Å². The van der Waals surface area contributed by atoms with Crippen molar-refractivity contribution in [1.29, 1.82) is 0 Å². The van der Waals surface area contributed by atoms with Crippen molar-refractivity contribution in [2.45, 2.75) is 6.54 Å². The number of rotatable bonds is 2. The quantitative estimate of drug-likeness (QED) is 0.638. The summed E-state index contributed by atoms with van der Waals surface area (Å²) in [6.07, 6.45) is 3.67. The van der Waals surface area contributed by atoms with Crippen LogP contribution >= 0.6 is 22.9 Å². The van der Waals surface area contributed by atoms with E-state index in [1.807, 2.05) is 29.0 Å². The molecule has 0 amide bonds. The van der Waals surface area contributed by atoms with Gasteiger partial charge in [0.25, 0.3) is 0 Å². The van der Waals surface area contributed by atoms with E-state index in [0.717, 1.165) is 10.4 Å². The fraction of sp³-hybridized carbons (Fsp3) is 0.111. The summed E-state index contributed by atoms with van der Waals surface area (Å²) in [5.41, 5.74) is 0.724. The van der Waals surface area contributed by atoms with Crippen molar-refractivity contribution in [2.24, 2.45) is 10.9 Å². The molecule has 2 rings (SSSR count). The molecule has 0 aliphatic carbocycles. The molecule has 6 heteroatoms. The van der Waals surface area contributed by atoms with Crippen molar-refractivity contribution in [3.8, 4) is 0 Å². The van der Waals surface area contributed by atoms with Gasteiger partial charge in [-0.15, -0.1) is 11.3 Å².